The third-order valence-corrected chi connectivity index (χ3v) is 2.29. The predicted molar refractivity (Wildman–Crippen MR) is 61.5 cm³/mol. The minimum absolute atomic E-state index is 0. The largest absolute Gasteiger partial charge is 0.366 e. The molecule has 1 fully saturated rings. The second-order valence-corrected chi connectivity index (χ2v) is 3.33. The summed E-state index contributed by atoms with van der Waals surface area (Å²) < 4.78 is 5.65. The van der Waals surface area contributed by atoms with Gasteiger partial charge in [0, 0.05) is 6.54 Å². The Kier molecular flexibility index (Phi) is 6.12. The Hall–Kier alpha value is -0.360. The van der Waals surface area contributed by atoms with Crippen LogP contribution in [0.2, 0.25) is 0 Å². The van der Waals surface area contributed by atoms with Crippen molar-refractivity contribution in [3.05, 3.63) is 11.6 Å². The van der Waals surface area contributed by atoms with Gasteiger partial charge in [-0.15, -0.1) is 24.8 Å². The van der Waals surface area contributed by atoms with E-state index in [2.05, 4.69) is 15.2 Å². The van der Waals surface area contributed by atoms with Crippen molar-refractivity contribution in [2.75, 3.05) is 6.54 Å². The highest BCUT2D eigenvalue weighted by Gasteiger charge is 2.27. The summed E-state index contributed by atoms with van der Waals surface area (Å²) in [6, 6.07) is 0. The number of nitrogens with two attached hydrogens (primary N) is 1. The highest BCUT2D eigenvalue weighted by molar-refractivity contribution is 5.85. The second kappa shape index (κ2) is 6.27. The molecule has 3 N–H and O–H groups in total. The van der Waals surface area contributed by atoms with Crippen molar-refractivity contribution in [3.8, 4) is 0 Å². The molecule has 1 saturated heterocycles. The fraction of sp³-hybridized carbons (Fsp3) is 0.750. The third-order valence-electron chi connectivity index (χ3n) is 2.29. The molecule has 0 unspecified atom stereocenters. The van der Waals surface area contributed by atoms with E-state index in [9.17, 15) is 0 Å². The van der Waals surface area contributed by atoms with E-state index in [1.807, 2.05) is 6.92 Å². The molecule has 0 saturated carbocycles. The Bertz CT molecular complexity index is 294. The number of hydrogen-bond acceptors (Lipinski definition) is 4. The number of rotatable bonds is 2. The van der Waals surface area contributed by atoms with Crippen LogP contribution in [0, 0.1) is 6.92 Å². The van der Waals surface area contributed by atoms with Crippen LogP contribution in [-0.4, -0.2) is 27.8 Å². The molecule has 2 heterocycles. The van der Waals surface area contributed by atoms with Crippen LogP contribution in [0.3, 0.4) is 0 Å². The van der Waals surface area contributed by atoms with Gasteiger partial charge in [0.25, 0.3) is 0 Å². The Morgan fingerprint density at radius 3 is 2.67 bits per heavy atom. The van der Waals surface area contributed by atoms with Gasteiger partial charge in [0.05, 0.1) is 6.10 Å². The first-order valence-electron chi connectivity index (χ1n) is 4.54. The number of aryl methyl sites for hydroxylation is 1. The number of H-pyrrole nitrogens is 1. The summed E-state index contributed by atoms with van der Waals surface area (Å²) in [6.07, 6.45) is 2.25. The number of hydrogen-bond donors (Lipinski definition) is 2. The molecule has 88 valence electrons. The third kappa shape index (κ3) is 3.31. The molecule has 1 aliphatic rings. The molecule has 1 aromatic rings. The first-order valence-corrected chi connectivity index (χ1v) is 4.54. The maximum absolute atomic E-state index is 5.65. The molecule has 0 radical (unpaired) electrons. The van der Waals surface area contributed by atoms with E-state index in [4.69, 9.17) is 10.5 Å². The van der Waals surface area contributed by atoms with Gasteiger partial charge in [-0.2, -0.15) is 5.10 Å². The van der Waals surface area contributed by atoms with Crippen molar-refractivity contribution in [1.82, 2.24) is 15.2 Å². The first-order chi connectivity index (χ1) is 6.29. The van der Waals surface area contributed by atoms with Gasteiger partial charge in [0.15, 0.2) is 5.82 Å². The Morgan fingerprint density at radius 2 is 2.20 bits per heavy atom. The summed E-state index contributed by atoms with van der Waals surface area (Å²) >= 11 is 0. The zero-order valence-corrected chi connectivity index (χ0v) is 10.1. The van der Waals surface area contributed by atoms with Crippen LogP contribution in [0.15, 0.2) is 0 Å². The molecular formula is C8H16Cl2N4O. The van der Waals surface area contributed by atoms with Crippen LogP contribution in [0.1, 0.15) is 30.6 Å². The van der Waals surface area contributed by atoms with Crippen molar-refractivity contribution >= 4 is 24.8 Å². The van der Waals surface area contributed by atoms with Gasteiger partial charge in [-0.1, -0.05) is 0 Å². The Labute approximate surface area is 101 Å². The summed E-state index contributed by atoms with van der Waals surface area (Å²) in [4.78, 5) is 4.23. The van der Waals surface area contributed by atoms with E-state index in [-0.39, 0.29) is 37.0 Å². The van der Waals surface area contributed by atoms with Crippen LogP contribution in [-0.2, 0) is 4.74 Å². The normalized spacial score (nSPS) is 24.4. The van der Waals surface area contributed by atoms with E-state index >= 15 is 0 Å². The minimum atomic E-state index is 0. The quantitative estimate of drug-likeness (QED) is 0.830. The topological polar surface area (TPSA) is 76.8 Å². The van der Waals surface area contributed by atoms with E-state index in [1.165, 1.54) is 0 Å². The zero-order chi connectivity index (χ0) is 9.26. The molecule has 7 heteroatoms. The number of aromatic amines is 1. The van der Waals surface area contributed by atoms with Crippen LogP contribution in [0.4, 0.5) is 0 Å². The summed E-state index contributed by atoms with van der Waals surface area (Å²) in [6.45, 7) is 2.44. The van der Waals surface area contributed by atoms with Crippen LogP contribution in [0.25, 0.3) is 0 Å². The van der Waals surface area contributed by atoms with E-state index in [0.29, 0.717) is 6.54 Å². The molecule has 0 aromatic carbocycles. The van der Waals surface area contributed by atoms with Crippen molar-refractivity contribution in [1.29, 1.82) is 0 Å². The highest BCUT2D eigenvalue weighted by Crippen LogP contribution is 2.29. The lowest BCUT2D eigenvalue weighted by atomic mass is 10.2. The van der Waals surface area contributed by atoms with Crippen molar-refractivity contribution in [2.24, 2.45) is 5.73 Å². The summed E-state index contributed by atoms with van der Waals surface area (Å²) in [5, 5.41) is 6.83. The van der Waals surface area contributed by atoms with Crippen LogP contribution in [0.5, 0.6) is 0 Å². The lowest BCUT2D eigenvalue weighted by Crippen LogP contribution is -2.19. The molecule has 2 rings (SSSR count). The SMILES string of the molecule is Cc1n[nH]c([C@@H]2CC[C@H](CN)O2)n1.Cl.Cl. The fourth-order valence-corrected chi connectivity index (χ4v) is 1.59. The average molecular weight is 255 g/mol. The molecular weight excluding hydrogens is 239 g/mol. The average Bonchev–Trinajstić information content (AvgIpc) is 2.71. The molecule has 0 amide bonds. The number of nitrogens with one attached hydrogen (secondary N) is 1. The van der Waals surface area contributed by atoms with Crippen LogP contribution < -0.4 is 5.73 Å². The molecule has 0 spiro atoms. The molecule has 1 aliphatic heterocycles. The van der Waals surface area contributed by atoms with Crippen LogP contribution >= 0.6 is 24.8 Å². The first kappa shape index (κ1) is 14.6. The molecule has 15 heavy (non-hydrogen) atoms. The maximum atomic E-state index is 5.65. The predicted octanol–water partition coefficient (Wildman–Crippen LogP) is 1.14. The number of aromatic nitrogens is 3. The monoisotopic (exact) mass is 254 g/mol. The summed E-state index contributed by atoms with van der Waals surface area (Å²) in [7, 11) is 0. The fourth-order valence-electron chi connectivity index (χ4n) is 1.59. The lowest BCUT2D eigenvalue weighted by Gasteiger charge is -2.08. The van der Waals surface area contributed by atoms with Gasteiger partial charge >= 0.3 is 0 Å². The van der Waals surface area contributed by atoms with Crippen molar-refractivity contribution < 1.29 is 4.74 Å². The lowest BCUT2D eigenvalue weighted by molar-refractivity contribution is 0.0449. The molecule has 0 aliphatic carbocycles. The van der Waals surface area contributed by atoms with Gasteiger partial charge in [-0.05, 0) is 19.8 Å². The van der Waals surface area contributed by atoms with Gasteiger partial charge in [-0.25, -0.2) is 4.98 Å². The number of ether oxygens (including phenoxy) is 1. The zero-order valence-electron chi connectivity index (χ0n) is 8.47. The maximum Gasteiger partial charge on any atom is 0.153 e. The van der Waals surface area contributed by atoms with E-state index in [0.717, 1.165) is 24.5 Å². The highest BCUT2D eigenvalue weighted by atomic mass is 35.5. The summed E-state index contributed by atoms with van der Waals surface area (Å²) in [5.74, 6) is 1.59. The van der Waals surface area contributed by atoms with Gasteiger partial charge < -0.3 is 10.5 Å². The Morgan fingerprint density at radius 1 is 1.47 bits per heavy atom. The summed E-state index contributed by atoms with van der Waals surface area (Å²) in [5.41, 5.74) is 5.51. The molecule has 2 atom stereocenters. The molecule has 0 bridgehead atoms. The van der Waals surface area contributed by atoms with Gasteiger partial charge in [0.1, 0.15) is 11.9 Å². The van der Waals surface area contributed by atoms with E-state index in [1.54, 1.807) is 0 Å². The second-order valence-electron chi connectivity index (χ2n) is 3.33. The van der Waals surface area contributed by atoms with Crippen molar-refractivity contribution in [3.63, 3.8) is 0 Å². The number of halogens is 2. The van der Waals surface area contributed by atoms with Gasteiger partial charge in [-0.3, -0.25) is 5.10 Å². The minimum Gasteiger partial charge on any atom is -0.366 e. The Balaban J connectivity index is 0.000000980. The smallest absolute Gasteiger partial charge is 0.153 e. The number of nitrogens with zero attached hydrogens (tertiary/aromatic N) is 2. The van der Waals surface area contributed by atoms with Crippen molar-refractivity contribution in [2.45, 2.75) is 32.0 Å². The van der Waals surface area contributed by atoms with E-state index < -0.39 is 0 Å². The molecule has 5 nitrogen and oxygen atoms in total. The standard InChI is InChI=1S/C8H14N4O.2ClH/c1-5-10-8(12-11-5)7-3-2-6(4-9)13-7;;/h6-7H,2-4,9H2,1H3,(H,10,11,12);2*1H/t6-,7+;;/m1../s1. The molecule has 1 aromatic heterocycles. The van der Waals surface area contributed by atoms with Gasteiger partial charge in [0.2, 0.25) is 0 Å².